The van der Waals surface area contributed by atoms with Crippen LogP contribution in [0.2, 0.25) is 0 Å². The lowest BCUT2D eigenvalue weighted by Gasteiger charge is -2.44. The normalized spacial score (nSPS) is 17.3. The molecule has 2 atom stereocenters. The van der Waals surface area contributed by atoms with E-state index in [2.05, 4.69) is 33.4 Å². The standard InChI is InChI=1S/C38H35F3N6O3S/c1-24-19-45(37(48)34-18-36(42-35-14-7-6-12-33(34)35)32-13-8-10-27-9-4-5-11-31(27)32)20-25(2)47(24)23-29-22-46(44-43-29)21-26-15-28(38(39,40)41)17-30(16-26)51(3,49)50/h4-18,22,24-25H,19-21,23H2,1-3H3/t24-,25+. The topological polar surface area (TPSA) is 101 Å². The first-order valence-electron chi connectivity index (χ1n) is 16.5. The summed E-state index contributed by atoms with van der Waals surface area (Å²) in [5, 5.41) is 11.3. The van der Waals surface area contributed by atoms with Crippen LogP contribution in [-0.4, -0.2) is 75.5 Å². The molecular formula is C38H35F3N6O3S. The number of hydrogen-bond donors (Lipinski definition) is 0. The van der Waals surface area contributed by atoms with Gasteiger partial charge >= 0.3 is 6.18 Å². The number of alkyl halides is 3. The van der Waals surface area contributed by atoms with E-state index in [1.54, 1.807) is 6.20 Å². The summed E-state index contributed by atoms with van der Waals surface area (Å²) in [4.78, 5) is 23.0. The van der Waals surface area contributed by atoms with Crippen molar-refractivity contribution in [1.82, 2.24) is 29.8 Å². The van der Waals surface area contributed by atoms with Crippen LogP contribution in [0.5, 0.6) is 0 Å². The van der Waals surface area contributed by atoms with Gasteiger partial charge in [0, 0.05) is 48.9 Å². The first kappa shape index (κ1) is 34.3. The molecule has 1 aliphatic rings. The molecule has 4 aromatic carbocycles. The maximum Gasteiger partial charge on any atom is 0.416 e. The van der Waals surface area contributed by atoms with Gasteiger partial charge in [0.1, 0.15) is 0 Å². The van der Waals surface area contributed by atoms with Crippen molar-refractivity contribution in [2.75, 3.05) is 19.3 Å². The third-order valence-electron chi connectivity index (χ3n) is 9.40. The zero-order chi connectivity index (χ0) is 36.1. The first-order chi connectivity index (χ1) is 24.2. The van der Waals surface area contributed by atoms with Gasteiger partial charge in [-0.15, -0.1) is 5.10 Å². The Balaban J connectivity index is 1.10. The highest BCUT2D eigenvalue weighted by atomic mass is 32.2. The second-order valence-corrected chi connectivity index (χ2v) is 15.2. The molecule has 0 aliphatic carbocycles. The van der Waals surface area contributed by atoms with Crippen molar-refractivity contribution >= 4 is 37.4 Å². The molecule has 1 aliphatic heterocycles. The minimum Gasteiger partial charge on any atom is -0.336 e. The number of para-hydroxylation sites is 1. The van der Waals surface area contributed by atoms with Crippen molar-refractivity contribution in [3.63, 3.8) is 0 Å². The van der Waals surface area contributed by atoms with Gasteiger partial charge in [0.25, 0.3) is 5.91 Å². The second kappa shape index (κ2) is 13.2. The van der Waals surface area contributed by atoms with Crippen LogP contribution in [0, 0.1) is 0 Å². The van der Waals surface area contributed by atoms with Gasteiger partial charge in [-0.2, -0.15) is 13.2 Å². The number of nitrogens with zero attached hydrogens (tertiary/aromatic N) is 6. The number of piperazine rings is 1. The number of fused-ring (bicyclic) bond motifs is 2. The Morgan fingerprint density at radius 2 is 1.55 bits per heavy atom. The Labute approximate surface area is 293 Å². The number of pyridine rings is 1. The van der Waals surface area contributed by atoms with Crippen LogP contribution in [-0.2, 0) is 29.1 Å². The summed E-state index contributed by atoms with van der Waals surface area (Å²) >= 11 is 0. The van der Waals surface area contributed by atoms with Crippen molar-refractivity contribution in [2.24, 2.45) is 0 Å². The summed E-state index contributed by atoms with van der Waals surface area (Å²) in [5.74, 6) is -0.0751. The average molecular weight is 713 g/mol. The number of sulfone groups is 1. The van der Waals surface area contributed by atoms with Gasteiger partial charge in [-0.3, -0.25) is 9.69 Å². The minimum atomic E-state index is -4.71. The average Bonchev–Trinajstić information content (AvgIpc) is 3.54. The highest BCUT2D eigenvalue weighted by Gasteiger charge is 2.34. The smallest absolute Gasteiger partial charge is 0.336 e. The van der Waals surface area contributed by atoms with Gasteiger partial charge in [0.2, 0.25) is 0 Å². The van der Waals surface area contributed by atoms with Gasteiger partial charge in [-0.25, -0.2) is 18.1 Å². The maximum absolute atomic E-state index is 14.3. The van der Waals surface area contributed by atoms with E-state index in [9.17, 15) is 26.4 Å². The molecule has 1 saturated heterocycles. The molecule has 1 amide bonds. The molecule has 7 rings (SSSR count). The summed E-state index contributed by atoms with van der Waals surface area (Å²) in [6.45, 7) is 5.34. The monoisotopic (exact) mass is 712 g/mol. The third-order valence-corrected chi connectivity index (χ3v) is 10.5. The van der Waals surface area contributed by atoms with Gasteiger partial charge in [0.15, 0.2) is 9.84 Å². The molecule has 0 bridgehead atoms. The molecule has 262 valence electrons. The van der Waals surface area contributed by atoms with Gasteiger partial charge in [-0.05, 0) is 60.5 Å². The van der Waals surface area contributed by atoms with Crippen molar-refractivity contribution in [2.45, 2.75) is 50.1 Å². The van der Waals surface area contributed by atoms with Crippen LogP contribution in [0.3, 0.4) is 0 Å². The Morgan fingerprint density at radius 1 is 0.863 bits per heavy atom. The molecule has 2 aromatic heterocycles. The fourth-order valence-electron chi connectivity index (χ4n) is 6.94. The maximum atomic E-state index is 14.3. The molecule has 0 spiro atoms. The van der Waals surface area contributed by atoms with E-state index in [4.69, 9.17) is 4.98 Å². The predicted molar refractivity (Wildman–Crippen MR) is 189 cm³/mol. The zero-order valence-electron chi connectivity index (χ0n) is 28.2. The van der Waals surface area contributed by atoms with Crippen molar-refractivity contribution in [3.8, 4) is 11.3 Å². The van der Waals surface area contributed by atoms with Crippen LogP contribution in [0.15, 0.2) is 102 Å². The summed E-state index contributed by atoms with van der Waals surface area (Å²) in [6, 6.07) is 26.5. The number of aromatic nitrogens is 4. The number of benzene rings is 4. The lowest BCUT2D eigenvalue weighted by atomic mass is 9.98. The molecule has 0 radical (unpaired) electrons. The molecule has 51 heavy (non-hydrogen) atoms. The van der Waals surface area contributed by atoms with Crippen molar-refractivity contribution < 1.29 is 26.4 Å². The van der Waals surface area contributed by atoms with Crippen LogP contribution in [0.25, 0.3) is 32.9 Å². The number of carbonyl (C=O) groups is 1. The molecular weight excluding hydrogens is 678 g/mol. The highest BCUT2D eigenvalue weighted by molar-refractivity contribution is 7.90. The summed E-state index contributed by atoms with van der Waals surface area (Å²) < 4.78 is 66.2. The lowest BCUT2D eigenvalue weighted by Crippen LogP contribution is -2.57. The van der Waals surface area contributed by atoms with Crippen LogP contribution < -0.4 is 0 Å². The van der Waals surface area contributed by atoms with Crippen LogP contribution >= 0.6 is 0 Å². The Hall–Kier alpha value is -5.14. The minimum absolute atomic E-state index is 0.0470. The number of amides is 1. The predicted octanol–water partition coefficient (Wildman–Crippen LogP) is 6.85. The molecule has 0 N–H and O–H groups in total. The number of halogens is 3. The number of carbonyl (C=O) groups excluding carboxylic acids is 1. The van der Waals surface area contributed by atoms with E-state index in [1.165, 1.54) is 10.7 Å². The van der Waals surface area contributed by atoms with E-state index in [0.29, 0.717) is 37.0 Å². The molecule has 13 heteroatoms. The number of hydrogen-bond acceptors (Lipinski definition) is 7. The van der Waals surface area contributed by atoms with E-state index in [0.717, 1.165) is 45.3 Å². The Bertz CT molecular complexity index is 2380. The molecule has 1 fully saturated rings. The summed E-state index contributed by atoms with van der Waals surface area (Å²) in [6.07, 6.45) is -2.18. The fourth-order valence-corrected chi connectivity index (χ4v) is 7.64. The third kappa shape index (κ3) is 7.08. The molecule has 0 saturated carbocycles. The fraction of sp³-hybridized carbons (Fsp3) is 0.263. The highest BCUT2D eigenvalue weighted by Crippen LogP contribution is 2.33. The second-order valence-electron chi connectivity index (χ2n) is 13.2. The van der Waals surface area contributed by atoms with Gasteiger partial charge in [-0.1, -0.05) is 65.9 Å². The SMILES string of the molecule is C[C@@H]1CN(C(=O)c2cc(-c3cccc4ccccc34)nc3ccccc23)C[C@H](C)N1Cc1cn(Cc2cc(C(F)(F)F)cc(S(C)(=O)=O)c2)nn1. The van der Waals surface area contributed by atoms with Gasteiger partial charge < -0.3 is 4.90 Å². The Kier molecular flexibility index (Phi) is 8.88. The molecule has 0 unspecified atom stereocenters. The van der Waals surface area contributed by atoms with E-state index in [1.807, 2.05) is 73.3 Å². The van der Waals surface area contributed by atoms with Gasteiger partial charge in [0.05, 0.1) is 45.7 Å². The van der Waals surface area contributed by atoms with Crippen molar-refractivity contribution in [3.05, 3.63) is 120 Å². The summed E-state index contributed by atoms with van der Waals surface area (Å²) in [7, 11) is -3.87. The van der Waals surface area contributed by atoms with E-state index in [-0.39, 0.29) is 30.1 Å². The number of rotatable bonds is 7. The van der Waals surface area contributed by atoms with Crippen molar-refractivity contribution in [1.29, 1.82) is 0 Å². The first-order valence-corrected chi connectivity index (χ1v) is 18.4. The largest absolute Gasteiger partial charge is 0.416 e. The zero-order valence-corrected chi connectivity index (χ0v) is 29.0. The molecule has 9 nitrogen and oxygen atoms in total. The van der Waals surface area contributed by atoms with Crippen LogP contribution in [0.1, 0.15) is 41.0 Å². The van der Waals surface area contributed by atoms with E-state index >= 15 is 0 Å². The molecule has 6 aromatic rings. The van der Waals surface area contributed by atoms with Crippen LogP contribution in [0.4, 0.5) is 13.2 Å². The Morgan fingerprint density at radius 3 is 2.27 bits per heavy atom. The lowest BCUT2D eigenvalue weighted by molar-refractivity contribution is -0.137. The quantitative estimate of drug-likeness (QED) is 0.179. The van der Waals surface area contributed by atoms with E-state index < -0.39 is 26.5 Å². The summed E-state index contributed by atoms with van der Waals surface area (Å²) in [5.41, 5.74) is 2.72. The molecule has 3 heterocycles.